The number of piperidine rings is 1. The van der Waals surface area contributed by atoms with Crippen molar-refractivity contribution in [3.8, 4) is 0 Å². The number of aryl methyl sites for hydroxylation is 2. The lowest BCUT2D eigenvalue weighted by Gasteiger charge is -2.34. The number of amides is 3. The van der Waals surface area contributed by atoms with Crippen LogP contribution in [0.1, 0.15) is 47.7 Å². The van der Waals surface area contributed by atoms with Crippen LogP contribution in [0.5, 0.6) is 0 Å². The Morgan fingerprint density at radius 2 is 1.57 bits per heavy atom. The molecule has 42 heavy (non-hydrogen) atoms. The number of halogens is 3. The van der Waals surface area contributed by atoms with Crippen molar-refractivity contribution >= 4 is 46.6 Å². The second kappa shape index (κ2) is 12.9. The number of nitrogens with zero attached hydrogens (tertiary/aromatic N) is 4. The van der Waals surface area contributed by atoms with E-state index in [4.69, 9.17) is 23.2 Å². The van der Waals surface area contributed by atoms with E-state index in [2.05, 4.69) is 4.90 Å². The lowest BCUT2D eigenvalue weighted by Crippen LogP contribution is -2.44. The molecule has 2 unspecified atom stereocenters. The molecule has 2 aromatic carbocycles. The summed E-state index contributed by atoms with van der Waals surface area (Å²) in [4.78, 5) is 46.5. The minimum absolute atomic E-state index is 0.0265. The van der Waals surface area contributed by atoms with Crippen molar-refractivity contribution in [3.05, 3.63) is 62.9 Å². The van der Waals surface area contributed by atoms with Crippen LogP contribution in [0, 0.1) is 37.4 Å². The zero-order chi connectivity index (χ0) is 30.1. The van der Waals surface area contributed by atoms with Crippen molar-refractivity contribution < 1.29 is 18.8 Å². The minimum atomic E-state index is -0.576. The fraction of sp³-hybridized carbons (Fsp3) is 0.531. The van der Waals surface area contributed by atoms with E-state index >= 15 is 0 Å². The summed E-state index contributed by atoms with van der Waals surface area (Å²) < 4.78 is 14.5. The van der Waals surface area contributed by atoms with Gasteiger partial charge in [0.15, 0.2) is 0 Å². The lowest BCUT2D eigenvalue weighted by molar-refractivity contribution is -0.133. The zero-order valence-corrected chi connectivity index (χ0v) is 26.1. The van der Waals surface area contributed by atoms with Crippen LogP contribution in [0.4, 0.5) is 10.1 Å². The fourth-order valence-electron chi connectivity index (χ4n) is 6.68. The van der Waals surface area contributed by atoms with E-state index in [0.29, 0.717) is 68.0 Å². The highest BCUT2D eigenvalue weighted by Crippen LogP contribution is 2.34. The Labute approximate surface area is 257 Å². The van der Waals surface area contributed by atoms with E-state index in [1.807, 2.05) is 34.9 Å². The molecule has 0 saturated carbocycles. The Morgan fingerprint density at radius 3 is 2.19 bits per heavy atom. The third-order valence-corrected chi connectivity index (χ3v) is 10.1. The predicted octanol–water partition coefficient (Wildman–Crippen LogP) is 5.43. The molecule has 3 amide bonds. The average molecular weight is 618 g/mol. The molecule has 2 atom stereocenters. The van der Waals surface area contributed by atoms with Crippen LogP contribution in [-0.2, 0) is 9.59 Å². The number of carbonyl (C=O) groups is 3. The first-order chi connectivity index (χ1) is 20.0. The summed E-state index contributed by atoms with van der Waals surface area (Å²) in [7, 11) is 0. The van der Waals surface area contributed by atoms with E-state index in [-0.39, 0.29) is 34.2 Å². The predicted molar refractivity (Wildman–Crippen MR) is 164 cm³/mol. The molecule has 0 spiro atoms. The Hall–Kier alpha value is -2.68. The summed E-state index contributed by atoms with van der Waals surface area (Å²) in [5.41, 5.74) is 2.43. The number of fused-ring (bicyclic) bond motifs is 1. The molecular weight excluding hydrogens is 578 g/mol. The maximum absolute atomic E-state index is 14.5. The van der Waals surface area contributed by atoms with E-state index in [1.54, 1.807) is 24.8 Å². The van der Waals surface area contributed by atoms with Gasteiger partial charge in [0, 0.05) is 69.4 Å². The van der Waals surface area contributed by atoms with Gasteiger partial charge in [-0.1, -0.05) is 35.3 Å². The molecule has 10 heteroatoms. The SMILES string of the molecule is CC(=O)N1CCC(C(=O)N(CCCN2CC3CN(C(=O)c4c(F)ccc(C)c4Cl)CC3C2)c2ccc(C)c(Cl)c2)CC1. The Bertz CT molecular complexity index is 1350. The van der Waals surface area contributed by atoms with Crippen molar-refractivity contribution in [3.63, 3.8) is 0 Å². The molecule has 3 fully saturated rings. The van der Waals surface area contributed by atoms with Crippen LogP contribution in [0.2, 0.25) is 10.0 Å². The van der Waals surface area contributed by atoms with Crippen LogP contribution in [0.15, 0.2) is 30.3 Å². The third kappa shape index (κ3) is 6.46. The van der Waals surface area contributed by atoms with Crippen LogP contribution in [0.25, 0.3) is 0 Å². The lowest BCUT2D eigenvalue weighted by atomic mass is 9.94. The first-order valence-electron chi connectivity index (χ1n) is 14.8. The number of benzene rings is 2. The largest absolute Gasteiger partial charge is 0.343 e. The van der Waals surface area contributed by atoms with Gasteiger partial charge in [-0.3, -0.25) is 14.4 Å². The molecule has 0 N–H and O–H groups in total. The van der Waals surface area contributed by atoms with Crippen molar-refractivity contribution in [1.29, 1.82) is 0 Å². The van der Waals surface area contributed by atoms with Gasteiger partial charge in [-0.15, -0.1) is 0 Å². The van der Waals surface area contributed by atoms with Gasteiger partial charge in [-0.2, -0.15) is 0 Å². The highest BCUT2D eigenvalue weighted by atomic mass is 35.5. The summed E-state index contributed by atoms with van der Waals surface area (Å²) in [5, 5.41) is 0.826. The van der Waals surface area contributed by atoms with Crippen LogP contribution in [0.3, 0.4) is 0 Å². The highest BCUT2D eigenvalue weighted by molar-refractivity contribution is 6.34. The summed E-state index contributed by atoms with van der Waals surface area (Å²) in [5.74, 6) is -0.219. The van der Waals surface area contributed by atoms with Gasteiger partial charge >= 0.3 is 0 Å². The van der Waals surface area contributed by atoms with Crippen LogP contribution >= 0.6 is 23.2 Å². The van der Waals surface area contributed by atoms with Gasteiger partial charge in [-0.25, -0.2) is 4.39 Å². The number of hydrogen-bond acceptors (Lipinski definition) is 4. The summed E-state index contributed by atoms with van der Waals surface area (Å²) >= 11 is 12.7. The molecule has 5 rings (SSSR count). The molecule has 0 radical (unpaired) electrons. The zero-order valence-electron chi connectivity index (χ0n) is 24.5. The molecule has 0 aromatic heterocycles. The molecule has 3 aliphatic heterocycles. The quantitative estimate of drug-likeness (QED) is 0.416. The maximum atomic E-state index is 14.5. The van der Waals surface area contributed by atoms with E-state index < -0.39 is 5.82 Å². The van der Waals surface area contributed by atoms with E-state index in [1.165, 1.54) is 6.07 Å². The summed E-state index contributed by atoms with van der Waals surface area (Å²) in [6.45, 7) is 10.8. The van der Waals surface area contributed by atoms with Gasteiger partial charge in [-0.05, 0) is 80.8 Å². The molecule has 226 valence electrons. The smallest absolute Gasteiger partial charge is 0.258 e. The fourth-order valence-corrected chi connectivity index (χ4v) is 7.09. The standard InChI is InChI=1S/C32H39Cl2FN4O3/c1-20-5-7-26(15-27(20)33)39(31(41)23-9-13-37(14-10-23)22(3)40)12-4-11-36-16-24-18-38(19-25(24)17-36)32(42)29-28(35)8-6-21(2)30(29)34/h5-8,15,23-25H,4,9-14,16-19H2,1-3H3. The van der Waals surface area contributed by atoms with Crippen LogP contribution in [-0.4, -0.2) is 84.8 Å². The third-order valence-electron chi connectivity index (χ3n) is 9.23. The van der Waals surface area contributed by atoms with Crippen LogP contribution < -0.4 is 4.90 Å². The van der Waals surface area contributed by atoms with Gasteiger partial charge in [0.1, 0.15) is 5.82 Å². The monoisotopic (exact) mass is 616 g/mol. The topological polar surface area (TPSA) is 64.2 Å². The van der Waals surface area contributed by atoms with Gasteiger partial charge in [0.2, 0.25) is 11.8 Å². The summed E-state index contributed by atoms with van der Waals surface area (Å²) in [6.07, 6.45) is 2.13. The average Bonchev–Trinajstić information content (AvgIpc) is 3.54. The van der Waals surface area contributed by atoms with Gasteiger partial charge in [0.25, 0.3) is 5.91 Å². The molecule has 0 bridgehead atoms. The van der Waals surface area contributed by atoms with Crippen molar-refractivity contribution in [2.45, 2.75) is 40.0 Å². The minimum Gasteiger partial charge on any atom is -0.343 e. The van der Waals surface area contributed by atoms with E-state index in [9.17, 15) is 18.8 Å². The molecule has 3 aliphatic rings. The molecular formula is C32H39Cl2FN4O3. The molecule has 3 heterocycles. The van der Waals surface area contributed by atoms with Crippen molar-refractivity contribution in [1.82, 2.24) is 14.7 Å². The number of carbonyl (C=O) groups excluding carboxylic acids is 3. The maximum Gasteiger partial charge on any atom is 0.258 e. The second-order valence-electron chi connectivity index (χ2n) is 12.1. The normalized spacial score (nSPS) is 21.1. The van der Waals surface area contributed by atoms with Crippen molar-refractivity contribution in [2.24, 2.45) is 17.8 Å². The molecule has 2 aromatic rings. The Balaban J connectivity index is 1.17. The van der Waals surface area contributed by atoms with E-state index in [0.717, 1.165) is 37.3 Å². The number of anilines is 1. The first kappa shape index (κ1) is 30.8. The number of likely N-dealkylation sites (tertiary alicyclic amines) is 3. The first-order valence-corrected chi connectivity index (χ1v) is 15.6. The molecule has 0 aliphatic carbocycles. The number of rotatable bonds is 7. The van der Waals surface area contributed by atoms with Crippen molar-refractivity contribution in [2.75, 3.05) is 57.3 Å². The van der Waals surface area contributed by atoms with Gasteiger partial charge < -0.3 is 19.6 Å². The Kier molecular flexibility index (Phi) is 9.45. The second-order valence-corrected chi connectivity index (χ2v) is 12.9. The molecule has 3 saturated heterocycles. The highest BCUT2D eigenvalue weighted by Gasteiger charge is 2.42. The Morgan fingerprint density at radius 1 is 0.929 bits per heavy atom. The van der Waals surface area contributed by atoms with Gasteiger partial charge in [0.05, 0.1) is 10.6 Å². The summed E-state index contributed by atoms with van der Waals surface area (Å²) in [6, 6.07) is 8.67. The molecule has 7 nitrogen and oxygen atoms in total. The number of hydrogen-bond donors (Lipinski definition) is 0.